The topological polar surface area (TPSA) is 49.3 Å². The molecule has 3 rings (SSSR count). The molecule has 29 heavy (non-hydrogen) atoms. The first-order chi connectivity index (χ1) is 13.6. The van der Waals surface area contributed by atoms with Crippen molar-refractivity contribution in [1.82, 2.24) is 5.32 Å². The molecule has 0 aromatic heterocycles. The molecule has 0 unspecified atom stereocenters. The van der Waals surface area contributed by atoms with Gasteiger partial charge in [-0.3, -0.25) is 0 Å². The summed E-state index contributed by atoms with van der Waals surface area (Å²) in [6.45, 7) is 1.95. The number of halogens is 6. The molecule has 10 heteroatoms. The van der Waals surface area contributed by atoms with Crippen LogP contribution in [0.5, 0.6) is 0 Å². The fraction of sp³-hybridized carbons (Fsp3) is 0.316. The lowest BCUT2D eigenvalue weighted by Crippen LogP contribution is -2.26. The Morgan fingerprint density at radius 1 is 1.03 bits per heavy atom. The van der Waals surface area contributed by atoms with Gasteiger partial charge in [0.2, 0.25) is 0 Å². The molecule has 1 aliphatic rings. The first-order valence-electron chi connectivity index (χ1n) is 8.51. The van der Waals surface area contributed by atoms with Crippen molar-refractivity contribution in [3.05, 3.63) is 58.6 Å². The highest BCUT2D eigenvalue weighted by Gasteiger charge is 2.38. The van der Waals surface area contributed by atoms with Crippen LogP contribution < -0.4 is 5.32 Å². The number of carboxylic acid groups (broad SMARTS) is 1. The smallest absolute Gasteiger partial charge is 0.475 e. The van der Waals surface area contributed by atoms with E-state index < -0.39 is 12.1 Å². The zero-order chi connectivity index (χ0) is 21.6. The number of benzene rings is 2. The molecule has 158 valence electrons. The molecule has 0 amide bonds. The van der Waals surface area contributed by atoms with E-state index in [2.05, 4.69) is 5.32 Å². The lowest BCUT2D eigenvalue weighted by molar-refractivity contribution is -0.192. The number of nitrogens with one attached hydrogen (secondary N) is 1. The predicted molar refractivity (Wildman–Crippen MR) is 100 cm³/mol. The van der Waals surface area contributed by atoms with Gasteiger partial charge in [-0.25, -0.2) is 13.6 Å². The second-order valence-corrected chi connectivity index (χ2v) is 7.68. The minimum absolute atomic E-state index is 0.265. The van der Waals surface area contributed by atoms with E-state index in [0.717, 1.165) is 41.3 Å². The molecule has 0 bridgehead atoms. The average molecular weight is 454 g/mol. The summed E-state index contributed by atoms with van der Waals surface area (Å²) < 4.78 is 58.6. The van der Waals surface area contributed by atoms with Crippen LogP contribution in [0.3, 0.4) is 0 Å². The van der Waals surface area contributed by atoms with Gasteiger partial charge in [-0.1, -0.05) is 29.4 Å². The van der Waals surface area contributed by atoms with Crippen LogP contribution in [-0.4, -0.2) is 30.3 Å². The molecule has 1 saturated heterocycles. The zero-order valence-corrected chi connectivity index (χ0v) is 16.5. The molecule has 1 aliphatic heterocycles. The van der Waals surface area contributed by atoms with Crippen molar-refractivity contribution in [2.75, 3.05) is 13.1 Å². The van der Waals surface area contributed by atoms with Gasteiger partial charge in [-0.05, 0) is 67.7 Å². The average Bonchev–Trinajstić information content (AvgIpc) is 2.65. The van der Waals surface area contributed by atoms with Gasteiger partial charge in [0.1, 0.15) is 11.6 Å². The number of alkyl halides is 3. The summed E-state index contributed by atoms with van der Waals surface area (Å²) in [5.74, 6) is -2.97. The molecule has 0 atom stereocenters. The first kappa shape index (κ1) is 23.4. The Labute approximate surface area is 173 Å². The van der Waals surface area contributed by atoms with Crippen LogP contribution in [0.25, 0.3) is 0 Å². The van der Waals surface area contributed by atoms with Crippen LogP contribution in [-0.2, 0) is 4.79 Å². The van der Waals surface area contributed by atoms with E-state index in [-0.39, 0.29) is 11.6 Å². The van der Waals surface area contributed by atoms with Crippen LogP contribution in [0.1, 0.15) is 24.3 Å². The number of piperidine rings is 1. The molecule has 1 heterocycles. The summed E-state index contributed by atoms with van der Waals surface area (Å²) in [6, 6.07) is 9.21. The van der Waals surface area contributed by atoms with E-state index in [0.29, 0.717) is 10.9 Å². The van der Waals surface area contributed by atoms with Gasteiger partial charge in [0, 0.05) is 9.79 Å². The fourth-order valence-corrected chi connectivity index (χ4v) is 4.08. The SMILES string of the molecule is Fc1ccc(Sc2cc(F)ccc2C2CCNCC2)c(Cl)c1.O=C(O)C(F)(F)F. The molecule has 0 saturated carbocycles. The third-order valence-electron chi connectivity index (χ3n) is 4.11. The van der Waals surface area contributed by atoms with Crippen molar-refractivity contribution in [2.45, 2.75) is 34.7 Å². The van der Waals surface area contributed by atoms with Gasteiger partial charge in [0.05, 0.1) is 5.02 Å². The van der Waals surface area contributed by atoms with Gasteiger partial charge in [0.25, 0.3) is 0 Å². The Hall–Kier alpha value is -1.84. The van der Waals surface area contributed by atoms with Crippen LogP contribution in [0.15, 0.2) is 46.2 Å². The number of carbonyl (C=O) groups is 1. The summed E-state index contributed by atoms with van der Waals surface area (Å²) in [6.07, 6.45) is -3.01. The molecule has 2 N–H and O–H groups in total. The standard InChI is InChI=1S/C17H16ClF2NS.C2HF3O2/c18-15-9-12(19)2-4-16(15)22-17-10-13(20)1-3-14(17)11-5-7-21-8-6-11;3-2(4,5)1(6)7/h1-4,9-11,21H,5-8H2;(H,6,7). The molecular weight excluding hydrogens is 437 g/mol. The minimum Gasteiger partial charge on any atom is -0.475 e. The minimum atomic E-state index is -5.08. The van der Waals surface area contributed by atoms with Crippen molar-refractivity contribution in [2.24, 2.45) is 0 Å². The van der Waals surface area contributed by atoms with E-state index in [4.69, 9.17) is 21.5 Å². The lowest BCUT2D eigenvalue weighted by Gasteiger charge is -2.25. The Bertz CT molecular complexity index is 857. The summed E-state index contributed by atoms with van der Waals surface area (Å²) in [5.41, 5.74) is 1.15. The molecule has 0 radical (unpaired) electrons. The van der Waals surface area contributed by atoms with Crippen LogP contribution in [0.4, 0.5) is 22.0 Å². The van der Waals surface area contributed by atoms with E-state index in [1.54, 1.807) is 12.1 Å². The maximum Gasteiger partial charge on any atom is 0.490 e. The summed E-state index contributed by atoms with van der Waals surface area (Å²) >= 11 is 7.49. The van der Waals surface area contributed by atoms with Crippen LogP contribution >= 0.6 is 23.4 Å². The quantitative estimate of drug-likeness (QED) is 0.571. The summed E-state index contributed by atoms with van der Waals surface area (Å²) in [4.78, 5) is 10.5. The van der Waals surface area contributed by atoms with Gasteiger partial charge in [0.15, 0.2) is 0 Å². The Morgan fingerprint density at radius 3 is 2.14 bits per heavy atom. The number of carboxylic acids is 1. The van der Waals surface area contributed by atoms with Crippen LogP contribution in [0, 0.1) is 11.6 Å². The van der Waals surface area contributed by atoms with Crippen molar-refractivity contribution in [3.63, 3.8) is 0 Å². The van der Waals surface area contributed by atoms with Crippen molar-refractivity contribution in [1.29, 1.82) is 0 Å². The maximum atomic E-state index is 13.7. The largest absolute Gasteiger partial charge is 0.490 e. The Balaban J connectivity index is 0.000000370. The van der Waals surface area contributed by atoms with Gasteiger partial charge in [-0.2, -0.15) is 13.2 Å². The van der Waals surface area contributed by atoms with E-state index in [1.165, 1.54) is 30.0 Å². The van der Waals surface area contributed by atoms with E-state index >= 15 is 0 Å². The highest BCUT2D eigenvalue weighted by atomic mass is 35.5. The summed E-state index contributed by atoms with van der Waals surface area (Å²) in [7, 11) is 0. The van der Waals surface area contributed by atoms with Crippen molar-refractivity contribution < 1.29 is 31.9 Å². The monoisotopic (exact) mass is 453 g/mol. The Kier molecular flexibility index (Phi) is 8.30. The second kappa shape index (κ2) is 10.3. The predicted octanol–water partition coefficient (Wildman–Crippen LogP) is 5.87. The zero-order valence-electron chi connectivity index (χ0n) is 14.9. The molecule has 3 nitrogen and oxygen atoms in total. The Morgan fingerprint density at radius 2 is 1.59 bits per heavy atom. The highest BCUT2D eigenvalue weighted by Crippen LogP contribution is 2.40. The number of rotatable bonds is 3. The number of aliphatic carboxylic acids is 1. The maximum absolute atomic E-state index is 13.7. The highest BCUT2D eigenvalue weighted by molar-refractivity contribution is 7.99. The van der Waals surface area contributed by atoms with Gasteiger partial charge >= 0.3 is 12.1 Å². The first-order valence-corrected chi connectivity index (χ1v) is 9.70. The molecule has 2 aromatic rings. The van der Waals surface area contributed by atoms with Crippen molar-refractivity contribution >= 4 is 29.3 Å². The third-order valence-corrected chi connectivity index (χ3v) is 5.69. The van der Waals surface area contributed by atoms with Gasteiger partial charge < -0.3 is 10.4 Å². The fourth-order valence-electron chi connectivity index (χ4n) is 2.74. The normalized spacial score (nSPS) is 14.8. The van der Waals surface area contributed by atoms with E-state index in [9.17, 15) is 22.0 Å². The van der Waals surface area contributed by atoms with Crippen LogP contribution in [0.2, 0.25) is 5.02 Å². The molecule has 1 fully saturated rings. The van der Waals surface area contributed by atoms with E-state index in [1.807, 2.05) is 6.07 Å². The molecule has 0 spiro atoms. The second-order valence-electron chi connectivity index (χ2n) is 6.19. The molecular formula is C19H17ClF5NO2S. The molecule has 0 aliphatic carbocycles. The third kappa shape index (κ3) is 7.17. The van der Waals surface area contributed by atoms with Crippen molar-refractivity contribution in [3.8, 4) is 0 Å². The van der Waals surface area contributed by atoms with Gasteiger partial charge in [-0.15, -0.1) is 0 Å². The summed E-state index contributed by atoms with van der Waals surface area (Å²) in [5, 5.41) is 10.8. The molecule has 2 aromatic carbocycles. The lowest BCUT2D eigenvalue weighted by atomic mass is 9.90. The number of hydrogen-bond donors (Lipinski definition) is 2. The number of hydrogen-bond acceptors (Lipinski definition) is 3.